The molecule has 6 rings (SSSR count). The Hall–Kier alpha value is -3.83. The Balaban J connectivity index is 1.33. The summed E-state index contributed by atoms with van der Waals surface area (Å²) in [5.74, 6) is 2.51. The highest BCUT2D eigenvalue weighted by atomic mass is 32.2. The van der Waals surface area contributed by atoms with E-state index in [0.29, 0.717) is 41.8 Å². The third-order valence-corrected chi connectivity index (χ3v) is 7.88. The van der Waals surface area contributed by atoms with Gasteiger partial charge < -0.3 is 19.9 Å². The number of nitrogens with one attached hydrogen (secondary N) is 1. The number of thioether (sulfide) groups is 1. The molecule has 4 aromatic rings. The third kappa shape index (κ3) is 5.64. The first kappa shape index (κ1) is 25.4. The number of ether oxygens (including phenoxy) is 1. The van der Waals surface area contributed by atoms with Crippen molar-refractivity contribution >= 4 is 40.1 Å². The Morgan fingerprint density at radius 3 is 2.69 bits per heavy atom. The number of allylic oxidation sites excluding steroid dienone is 1. The minimum Gasteiger partial charge on any atom is -0.478 e. The molecule has 1 N–H and O–H groups in total. The van der Waals surface area contributed by atoms with Gasteiger partial charge >= 0.3 is 0 Å². The first-order valence-electron chi connectivity index (χ1n) is 13.3. The monoisotopic (exact) mass is 544 g/mol. The minimum atomic E-state index is -0.164. The molecule has 1 aromatic carbocycles. The van der Waals surface area contributed by atoms with E-state index in [9.17, 15) is 4.79 Å². The van der Waals surface area contributed by atoms with E-state index in [1.165, 1.54) is 5.69 Å². The third-order valence-electron chi connectivity index (χ3n) is 6.97. The second-order valence-corrected chi connectivity index (χ2v) is 10.7. The smallest absolute Gasteiger partial charge is 0.278 e. The fourth-order valence-corrected chi connectivity index (χ4v) is 5.51. The number of hydrogen-bond acceptors (Lipinski definition) is 9. The van der Waals surface area contributed by atoms with E-state index in [4.69, 9.17) is 14.7 Å². The van der Waals surface area contributed by atoms with Gasteiger partial charge in [-0.25, -0.2) is 14.3 Å². The molecule has 2 bridgehead atoms. The maximum absolute atomic E-state index is 13.4. The molecule has 1 fully saturated rings. The van der Waals surface area contributed by atoms with Crippen LogP contribution in [0.3, 0.4) is 0 Å². The summed E-state index contributed by atoms with van der Waals surface area (Å²) in [7, 11) is 2.16. The van der Waals surface area contributed by atoms with E-state index in [1.807, 2.05) is 36.4 Å². The van der Waals surface area contributed by atoms with Crippen molar-refractivity contribution < 1.29 is 4.74 Å². The standard InChI is InChI=1S/C28H32N8O2S/c1-33-13-15-34(16-14-33)22-10-8-21(9-11-22)30-28-29-20-23-26(32-28)36-24-6-4-7-25(31-24)38-17-2-3-18-39-19-5-12-35(36)27(23)37/h4-11,19-20H,2-3,12-18H2,1H3,(H,29,30,32)/b19-5-. The number of anilines is 3. The van der Waals surface area contributed by atoms with Crippen LogP contribution in [0.1, 0.15) is 12.8 Å². The lowest BCUT2D eigenvalue weighted by Crippen LogP contribution is -2.44. The van der Waals surface area contributed by atoms with Gasteiger partial charge in [0.1, 0.15) is 5.39 Å². The molecule has 10 nitrogen and oxygen atoms in total. The van der Waals surface area contributed by atoms with E-state index < -0.39 is 0 Å². The van der Waals surface area contributed by atoms with Crippen molar-refractivity contribution in [2.75, 3.05) is 55.8 Å². The highest BCUT2D eigenvalue weighted by molar-refractivity contribution is 8.02. The van der Waals surface area contributed by atoms with Gasteiger partial charge in [0, 0.05) is 49.8 Å². The Kier molecular flexibility index (Phi) is 7.51. The van der Waals surface area contributed by atoms with Crippen LogP contribution in [0.4, 0.5) is 17.3 Å². The van der Waals surface area contributed by atoms with Crippen molar-refractivity contribution in [1.29, 1.82) is 0 Å². The predicted molar refractivity (Wildman–Crippen MR) is 157 cm³/mol. The molecule has 2 aliphatic heterocycles. The number of benzene rings is 1. The van der Waals surface area contributed by atoms with Crippen LogP contribution in [0.5, 0.6) is 5.88 Å². The second-order valence-electron chi connectivity index (χ2n) is 9.72. The van der Waals surface area contributed by atoms with E-state index >= 15 is 0 Å². The highest BCUT2D eigenvalue weighted by Crippen LogP contribution is 2.23. The Bertz CT molecular complexity index is 1520. The quantitative estimate of drug-likeness (QED) is 0.412. The number of aromatic nitrogens is 5. The van der Waals surface area contributed by atoms with Crippen LogP contribution in [0.15, 0.2) is 64.9 Å². The molecule has 0 saturated carbocycles. The van der Waals surface area contributed by atoms with Gasteiger partial charge in [-0.2, -0.15) is 9.97 Å². The molecule has 202 valence electrons. The molecule has 0 spiro atoms. The molecule has 5 heterocycles. The van der Waals surface area contributed by atoms with Crippen molar-refractivity contribution in [3.05, 3.63) is 70.5 Å². The molecular formula is C28H32N8O2S. The number of fused-ring (bicyclic) bond motifs is 6. The number of likely N-dealkylation sites (N-methyl/N-ethyl adjacent to an activating group) is 1. The fourth-order valence-electron chi connectivity index (χ4n) is 4.78. The first-order valence-corrected chi connectivity index (χ1v) is 14.4. The zero-order chi connectivity index (χ0) is 26.6. The number of pyridine rings is 1. The van der Waals surface area contributed by atoms with Crippen LogP contribution in [-0.4, -0.2) is 74.8 Å². The molecule has 0 aliphatic carbocycles. The van der Waals surface area contributed by atoms with Gasteiger partial charge in [-0.3, -0.25) is 4.79 Å². The molecule has 0 amide bonds. The van der Waals surface area contributed by atoms with E-state index in [1.54, 1.807) is 27.3 Å². The molecule has 0 radical (unpaired) electrons. The van der Waals surface area contributed by atoms with Crippen molar-refractivity contribution in [1.82, 2.24) is 29.2 Å². The van der Waals surface area contributed by atoms with Gasteiger partial charge in [-0.05, 0) is 61.4 Å². The number of nitrogens with zero attached hydrogens (tertiary/aromatic N) is 7. The van der Waals surface area contributed by atoms with Gasteiger partial charge in [0.05, 0.1) is 13.2 Å². The Labute approximate surface area is 231 Å². The van der Waals surface area contributed by atoms with E-state index in [-0.39, 0.29) is 5.56 Å². The van der Waals surface area contributed by atoms with Crippen molar-refractivity contribution in [2.24, 2.45) is 0 Å². The predicted octanol–water partition coefficient (Wildman–Crippen LogP) is 3.89. The van der Waals surface area contributed by atoms with Gasteiger partial charge in [0.15, 0.2) is 11.5 Å². The number of piperazine rings is 1. The number of rotatable bonds is 3. The summed E-state index contributed by atoms with van der Waals surface area (Å²) in [5.41, 5.74) is 2.41. The summed E-state index contributed by atoms with van der Waals surface area (Å²) in [6.45, 7) is 5.16. The molecular weight excluding hydrogens is 512 g/mol. The summed E-state index contributed by atoms with van der Waals surface area (Å²) in [4.78, 5) is 32.1. The molecule has 3 aromatic heterocycles. The Morgan fingerprint density at radius 2 is 1.85 bits per heavy atom. The summed E-state index contributed by atoms with van der Waals surface area (Å²) in [6, 6.07) is 13.9. The summed E-state index contributed by atoms with van der Waals surface area (Å²) >= 11 is 1.74. The zero-order valence-corrected chi connectivity index (χ0v) is 22.8. The van der Waals surface area contributed by atoms with Crippen molar-refractivity contribution in [3.63, 3.8) is 0 Å². The maximum Gasteiger partial charge on any atom is 0.278 e. The molecule has 1 saturated heterocycles. The topological polar surface area (TPSA) is 93.3 Å². The molecule has 0 unspecified atom stereocenters. The average molecular weight is 545 g/mol. The van der Waals surface area contributed by atoms with Crippen LogP contribution in [0.25, 0.3) is 16.9 Å². The van der Waals surface area contributed by atoms with Crippen molar-refractivity contribution in [3.8, 4) is 11.7 Å². The van der Waals surface area contributed by atoms with Crippen LogP contribution in [-0.2, 0) is 6.54 Å². The largest absolute Gasteiger partial charge is 0.478 e. The normalized spacial score (nSPS) is 17.7. The maximum atomic E-state index is 13.4. The Morgan fingerprint density at radius 1 is 1.00 bits per heavy atom. The lowest BCUT2D eigenvalue weighted by Gasteiger charge is -2.34. The molecule has 39 heavy (non-hydrogen) atoms. The van der Waals surface area contributed by atoms with Gasteiger partial charge in [-0.1, -0.05) is 12.1 Å². The number of hydrogen-bond donors (Lipinski definition) is 1. The fraction of sp³-hybridized carbons (Fsp3) is 0.357. The highest BCUT2D eigenvalue weighted by Gasteiger charge is 2.19. The molecule has 11 heteroatoms. The van der Waals surface area contributed by atoms with Crippen molar-refractivity contribution in [2.45, 2.75) is 19.4 Å². The summed E-state index contributed by atoms with van der Waals surface area (Å²) < 4.78 is 9.30. The minimum absolute atomic E-state index is 0.164. The lowest BCUT2D eigenvalue weighted by atomic mass is 10.2. The van der Waals surface area contributed by atoms with Crippen LogP contribution >= 0.6 is 11.8 Å². The van der Waals surface area contributed by atoms with Gasteiger partial charge in [0.2, 0.25) is 11.8 Å². The van der Waals surface area contributed by atoms with E-state index in [0.717, 1.165) is 50.5 Å². The second kappa shape index (κ2) is 11.5. The van der Waals surface area contributed by atoms with Crippen LogP contribution < -0.4 is 20.5 Å². The zero-order valence-electron chi connectivity index (χ0n) is 22.0. The van der Waals surface area contributed by atoms with Crippen LogP contribution in [0, 0.1) is 0 Å². The first-order chi connectivity index (χ1) is 19.2. The average Bonchev–Trinajstić information content (AvgIpc) is 3.23. The molecule has 0 atom stereocenters. The van der Waals surface area contributed by atoms with Gasteiger partial charge in [-0.15, -0.1) is 11.8 Å². The molecule has 2 aliphatic rings. The summed E-state index contributed by atoms with van der Waals surface area (Å²) in [5, 5.41) is 5.79. The van der Waals surface area contributed by atoms with Gasteiger partial charge in [0.25, 0.3) is 5.56 Å². The van der Waals surface area contributed by atoms with Crippen LogP contribution in [0.2, 0.25) is 0 Å². The van der Waals surface area contributed by atoms with E-state index in [2.05, 4.69) is 44.7 Å². The lowest BCUT2D eigenvalue weighted by molar-refractivity contribution is 0.297. The summed E-state index contributed by atoms with van der Waals surface area (Å²) in [6.07, 6.45) is 5.61. The SMILES string of the molecule is CN1CCN(c2ccc(Nc3ncc4c(=O)n5n(c4n3)-c3cccc(n3)OCCCCS/C=C\C5)cc2)CC1.